The summed E-state index contributed by atoms with van der Waals surface area (Å²) >= 11 is 0. The van der Waals surface area contributed by atoms with E-state index in [1.54, 1.807) is 0 Å². The summed E-state index contributed by atoms with van der Waals surface area (Å²) in [5.74, 6) is 0. The summed E-state index contributed by atoms with van der Waals surface area (Å²) in [5.41, 5.74) is 2.77. The Labute approximate surface area is 97.6 Å². The van der Waals surface area contributed by atoms with Gasteiger partial charge in [-0.15, -0.1) is 0 Å². The molecule has 0 heterocycles. The summed E-state index contributed by atoms with van der Waals surface area (Å²) in [4.78, 5) is 0. The fraction of sp³-hybridized carbons (Fsp3) is 0.250. The highest BCUT2D eigenvalue weighted by molar-refractivity contribution is 5.89. The lowest BCUT2D eigenvalue weighted by molar-refractivity contribution is 0.595. The lowest BCUT2D eigenvalue weighted by Gasteiger charge is -2.24. The van der Waals surface area contributed by atoms with Gasteiger partial charge in [0.05, 0.1) is 0 Å². The molecule has 16 heavy (non-hydrogen) atoms. The van der Waals surface area contributed by atoms with Crippen molar-refractivity contribution in [3.05, 3.63) is 54.1 Å². The van der Waals surface area contributed by atoms with Crippen molar-refractivity contribution in [2.75, 3.05) is 0 Å². The van der Waals surface area contributed by atoms with Gasteiger partial charge in [0.25, 0.3) is 0 Å². The van der Waals surface area contributed by atoms with Gasteiger partial charge in [0.1, 0.15) is 0 Å². The molecule has 0 N–H and O–H groups in total. The van der Waals surface area contributed by atoms with Crippen molar-refractivity contribution >= 4 is 16.8 Å². The van der Waals surface area contributed by atoms with E-state index in [1.807, 2.05) is 6.08 Å². The Morgan fingerprint density at radius 1 is 1.00 bits per heavy atom. The Balaban J connectivity index is 2.89. The second-order valence-corrected chi connectivity index (χ2v) is 5.21. The first kappa shape index (κ1) is 10.9. The molecule has 0 aliphatic heterocycles. The molecule has 2 rings (SSSR count). The maximum atomic E-state index is 3.91. The number of hydrogen-bond acceptors (Lipinski definition) is 0. The summed E-state index contributed by atoms with van der Waals surface area (Å²) in [7, 11) is 0. The molecule has 0 saturated heterocycles. The molecule has 0 atom stereocenters. The van der Waals surface area contributed by atoms with Crippen LogP contribution in [0.2, 0.25) is 0 Å². The summed E-state index contributed by atoms with van der Waals surface area (Å²) in [5, 5.41) is 2.64. The number of benzene rings is 2. The van der Waals surface area contributed by atoms with E-state index in [-0.39, 0.29) is 5.41 Å². The maximum Gasteiger partial charge on any atom is -0.0120 e. The van der Waals surface area contributed by atoms with Crippen LogP contribution in [0.25, 0.3) is 16.8 Å². The fourth-order valence-electron chi connectivity index (χ4n) is 2.30. The van der Waals surface area contributed by atoms with E-state index in [4.69, 9.17) is 0 Å². The molecule has 0 saturated carbocycles. The van der Waals surface area contributed by atoms with Gasteiger partial charge in [-0.3, -0.25) is 0 Å². The highest BCUT2D eigenvalue weighted by atomic mass is 14.2. The predicted molar refractivity (Wildman–Crippen MR) is 72.7 cm³/mol. The molecule has 0 fully saturated rings. The minimum absolute atomic E-state index is 0.143. The fourth-order valence-corrected chi connectivity index (χ4v) is 2.30. The monoisotopic (exact) mass is 210 g/mol. The van der Waals surface area contributed by atoms with Crippen molar-refractivity contribution in [3.63, 3.8) is 0 Å². The van der Waals surface area contributed by atoms with Gasteiger partial charge in [-0.2, -0.15) is 0 Å². The second-order valence-electron chi connectivity index (χ2n) is 5.21. The lowest BCUT2D eigenvalue weighted by atomic mass is 9.80. The first-order chi connectivity index (χ1) is 7.54. The summed E-state index contributed by atoms with van der Waals surface area (Å²) in [6.07, 6.45) is 1.95. The summed E-state index contributed by atoms with van der Waals surface area (Å²) < 4.78 is 0. The van der Waals surface area contributed by atoms with Crippen LogP contribution in [-0.2, 0) is 5.41 Å². The smallest absolute Gasteiger partial charge is 0.0120 e. The van der Waals surface area contributed by atoms with Crippen molar-refractivity contribution in [2.24, 2.45) is 0 Å². The van der Waals surface area contributed by atoms with E-state index in [1.165, 1.54) is 21.9 Å². The number of fused-ring (bicyclic) bond motifs is 1. The van der Waals surface area contributed by atoms with E-state index in [9.17, 15) is 0 Å². The Hall–Kier alpha value is -1.56. The van der Waals surface area contributed by atoms with E-state index in [0.717, 1.165) is 0 Å². The standard InChI is InChI=1S/C16H18/c1-5-12-10-11-13-8-6-7-9-14(13)15(12)16(2,3)4/h5-11H,1H2,2-4H3. The van der Waals surface area contributed by atoms with Crippen LogP contribution in [0.1, 0.15) is 31.9 Å². The first-order valence-corrected chi connectivity index (χ1v) is 5.68. The topological polar surface area (TPSA) is 0 Å². The quantitative estimate of drug-likeness (QED) is 0.635. The van der Waals surface area contributed by atoms with Gasteiger partial charge in [0, 0.05) is 0 Å². The molecule has 2 aromatic rings. The molecule has 0 aliphatic rings. The second kappa shape index (κ2) is 3.79. The molecule has 0 amide bonds. The van der Waals surface area contributed by atoms with Crippen molar-refractivity contribution in [3.8, 4) is 0 Å². The van der Waals surface area contributed by atoms with Crippen molar-refractivity contribution < 1.29 is 0 Å². The summed E-state index contributed by atoms with van der Waals surface area (Å²) in [6.45, 7) is 10.7. The number of hydrogen-bond donors (Lipinski definition) is 0. The minimum atomic E-state index is 0.143. The SMILES string of the molecule is C=Cc1ccc2ccccc2c1C(C)(C)C. The molecule has 82 valence electrons. The van der Waals surface area contributed by atoms with E-state index >= 15 is 0 Å². The molecule has 0 aromatic heterocycles. The molecular formula is C16H18. The Bertz CT molecular complexity index is 527. The van der Waals surface area contributed by atoms with Crippen LogP contribution < -0.4 is 0 Å². The third kappa shape index (κ3) is 1.76. The first-order valence-electron chi connectivity index (χ1n) is 5.68. The lowest BCUT2D eigenvalue weighted by Crippen LogP contribution is -2.13. The molecule has 2 aromatic carbocycles. The molecule has 0 bridgehead atoms. The highest BCUT2D eigenvalue weighted by Gasteiger charge is 2.19. The zero-order chi connectivity index (χ0) is 11.8. The Morgan fingerprint density at radius 3 is 2.31 bits per heavy atom. The molecular weight excluding hydrogens is 192 g/mol. The van der Waals surface area contributed by atoms with Crippen molar-refractivity contribution in [1.29, 1.82) is 0 Å². The van der Waals surface area contributed by atoms with Gasteiger partial charge in [0.15, 0.2) is 0 Å². The van der Waals surface area contributed by atoms with Crippen LogP contribution in [0, 0.1) is 0 Å². The van der Waals surface area contributed by atoms with Crippen molar-refractivity contribution in [1.82, 2.24) is 0 Å². The van der Waals surface area contributed by atoms with Crippen LogP contribution >= 0.6 is 0 Å². The van der Waals surface area contributed by atoms with Crippen LogP contribution in [0.3, 0.4) is 0 Å². The third-order valence-electron chi connectivity index (χ3n) is 2.93. The van der Waals surface area contributed by atoms with Gasteiger partial charge < -0.3 is 0 Å². The molecule has 0 spiro atoms. The van der Waals surface area contributed by atoms with Crippen LogP contribution in [0.4, 0.5) is 0 Å². The Kier molecular flexibility index (Phi) is 2.59. The molecule has 0 heteroatoms. The zero-order valence-corrected chi connectivity index (χ0v) is 10.2. The van der Waals surface area contributed by atoms with E-state index in [0.29, 0.717) is 0 Å². The average Bonchev–Trinajstić information content (AvgIpc) is 2.26. The molecule has 0 aliphatic carbocycles. The van der Waals surface area contributed by atoms with Gasteiger partial charge in [-0.25, -0.2) is 0 Å². The third-order valence-corrected chi connectivity index (χ3v) is 2.93. The van der Waals surface area contributed by atoms with Gasteiger partial charge in [-0.05, 0) is 27.3 Å². The van der Waals surface area contributed by atoms with Crippen LogP contribution in [0.5, 0.6) is 0 Å². The number of rotatable bonds is 1. The predicted octanol–water partition coefficient (Wildman–Crippen LogP) is 4.78. The normalized spacial score (nSPS) is 11.7. The van der Waals surface area contributed by atoms with Gasteiger partial charge in [-0.1, -0.05) is 69.8 Å². The highest BCUT2D eigenvalue weighted by Crippen LogP contribution is 2.33. The molecule has 0 nitrogen and oxygen atoms in total. The van der Waals surface area contributed by atoms with Gasteiger partial charge >= 0.3 is 0 Å². The minimum Gasteiger partial charge on any atom is -0.0985 e. The van der Waals surface area contributed by atoms with Crippen LogP contribution in [0.15, 0.2) is 43.0 Å². The average molecular weight is 210 g/mol. The van der Waals surface area contributed by atoms with E-state index < -0.39 is 0 Å². The maximum absolute atomic E-state index is 3.91. The zero-order valence-electron chi connectivity index (χ0n) is 10.2. The van der Waals surface area contributed by atoms with Crippen LogP contribution in [-0.4, -0.2) is 0 Å². The molecule has 0 unspecified atom stereocenters. The van der Waals surface area contributed by atoms with E-state index in [2.05, 4.69) is 63.7 Å². The van der Waals surface area contributed by atoms with Gasteiger partial charge in [0.2, 0.25) is 0 Å². The summed E-state index contributed by atoms with van der Waals surface area (Å²) in [6, 6.07) is 12.9. The Morgan fingerprint density at radius 2 is 1.69 bits per heavy atom. The molecule has 0 radical (unpaired) electrons. The van der Waals surface area contributed by atoms with Crippen molar-refractivity contribution in [2.45, 2.75) is 26.2 Å². The largest absolute Gasteiger partial charge is 0.0985 e.